The van der Waals surface area contributed by atoms with Crippen LogP contribution in [0.2, 0.25) is 5.02 Å². The molecule has 0 fully saturated rings. The average Bonchev–Trinajstić information content (AvgIpc) is 2.75. The van der Waals surface area contributed by atoms with Gasteiger partial charge in [0.2, 0.25) is 5.91 Å². The fourth-order valence-corrected chi connectivity index (χ4v) is 4.73. The number of halogens is 3. The molecule has 3 rings (SSSR count). The zero-order valence-electron chi connectivity index (χ0n) is 17.1. The van der Waals surface area contributed by atoms with Gasteiger partial charge in [0.15, 0.2) is 0 Å². The van der Waals surface area contributed by atoms with E-state index in [0.717, 1.165) is 22.5 Å². The van der Waals surface area contributed by atoms with Crippen LogP contribution >= 0.6 is 11.6 Å². The number of amides is 1. The molecule has 0 spiro atoms. The predicted octanol–water partition coefficient (Wildman–Crippen LogP) is 4.77. The van der Waals surface area contributed by atoms with E-state index < -0.39 is 39.8 Å². The number of hydrogen-bond acceptors (Lipinski definition) is 4. The Kier molecular flexibility index (Phi) is 7.00. The Morgan fingerprint density at radius 3 is 2.41 bits per heavy atom. The number of anilines is 2. The quantitative estimate of drug-likeness (QED) is 0.528. The van der Waals surface area contributed by atoms with Gasteiger partial charge in [0, 0.05) is 11.1 Å². The first-order valence-corrected chi connectivity index (χ1v) is 11.1. The van der Waals surface area contributed by atoms with Gasteiger partial charge in [-0.2, -0.15) is 0 Å². The van der Waals surface area contributed by atoms with E-state index in [1.807, 2.05) is 0 Å². The fourth-order valence-electron chi connectivity index (χ4n) is 2.94. The van der Waals surface area contributed by atoms with Gasteiger partial charge in [-0.25, -0.2) is 17.2 Å². The summed E-state index contributed by atoms with van der Waals surface area (Å²) in [6.45, 7) is 1.00. The lowest BCUT2D eigenvalue weighted by atomic mass is 10.2. The lowest BCUT2D eigenvalue weighted by molar-refractivity contribution is -0.114. The molecule has 0 atom stereocenters. The van der Waals surface area contributed by atoms with Gasteiger partial charge in [0.05, 0.1) is 18.5 Å². The summed E-state index contributed by atoms with van der Waals surface area (Å²) in [6, 6.07) is 13.0. The number of nitrogens with one attached hydrogen (secondary N) is 1. The van der Waals surface area contributed by atoms with Crippen molar-refractivity contribution in [2.75, 3.05) is 23.3 Å². The third-order valence-electron chi connectivity index (χ3n) is 4.49. The van der Waals surface area contributed by atoms with E-state index in [2.05, 4.69) is 5.32 Å². The molecule has 0 saturated heterocycles. The summed E-state index contributed by atoms with van der Waals surface area (Å²) in [7, 11) is -2.97. The summed E-state index contributed by atoms with van der Waals surface area (Å²) >= 11 is 5.92. The number of methoxy groups -OCH3 is 1. The van der Waals surface area contributed by atoms with Crippen LogP contribution < -0.4 is 14.4 Å². The Balaban J connectivity index is 2.03. The molecule has 0 aliphatic heterocycles. The minimum absolute atomic E-state index is 0.0890. The van der Waals surface area contributed by atoms with E-state index in [1.165, 1.54) is 43.5 Å². The summed E-state index contributed by atoms with van der Waals surface area (Å²) < 4.78 is 60.5. The first-order valence-electron chi connectivity index (χ1n) is 9.29. The van der Waals surface area contributed by atoms with E-state index in [-0.39, 0.29) is 16.3 Å². The highest BCUT2D eigenvalue weighted by Crippen LogP contribution is 2.31. The van der Waals surface area contributed by atoms with Gasteiger partial charge in [-0.05, 0) is 61.0 Å². The Labute approximate surface area is 189 Å². The molecule has 168 valence electrons. The standard InChI is InChI=1S/C22H19ClF2N2O4S/c1-14-3-10-20(31-2)21(11-14)32(29,30)27(17-7-4-15(23)5-8-17)13-22(28)26-19-12-16(24)6-9-18(19)25/h3-12H,13H2,1-2H3,(H,26,28). The molecule has 32 heavy (non-hydrogen) atoms. The van der Waals surface area contributed by atoms with Crippen molar-refractivity contribution in [3.63, 3.8) is 0 Å². The molecule has 0 unspecified atom stereocenters. The van der Waals surface area contributed by atoms with Crippen molar-refractivity contribution in [2.45, 2.75) is 11.8 Å². The van der Waals surface area contributed by atoms with Gasteiger partial charge in [0.1, 0.15) is 28.8 Å². The van der Waals surface area contributed by atoms with Crippen molar-refractivity contribution in [3.05, 3.63) is 82.9 Å². The molecule has 0 aromatic heterocycles. The number of carbonyl (C=O) groups excluding carboxylic acids is 1. The highest BCUT2D eigenvalue weighted by molar-refractivity contribution is 7.93. The molecule has 1 N–H and O–H groups in total. The number of benzene rings is 3. The number of nitrogens with zero attached hydrogens (tertiary/aromatic N) is 1. The maximum Gasteiger partial charge on any atom is 0.268 e. The molecule has 0 radical (unpaired) electrons. The second kappa shape index (κ2) is 9.54. The Morgan fingerprint density at radius 1 is 1.06 bits per heavy atom. The van der Waals surface area contributed by atoms with Crippen LogP contribution in [0.25, 0.3) is 0 Å². The summed E-state index contributed by atoms with van der Waals surface area (Å²) in [5.74, 6) is -2.40. The van der Waals surface area contributed by atoms with E-state index >= 15 is 0 Å². The number of hydrogen-bond donors (Lipinski definition) is 1. The van der Waals surface area contributed by atoms with Crippen LogP contribution in [0.3, 0.4) is 0 Å². The molecule has 0 heterocycles. The van der Waals surface area contributed by atoms with Crippen LogP contribution in [0.15, 0.2) is 65.6 Å². The van der Waals surface area contributed by atoms with Crippen molar-refractivity contribution in [2.24, 2.45) is 0 Å². The lowest BCUT2D eigenvalue weighted by Gasteiger charge is -2.25. The number of ether oxygens (including phenoxy) is 1. The molecule has 1 amide bonds. The molecule has 0 aliphatic rings. The van der Waals surface area contributed by atoms with Crippen molar-refractivity contribution in [1.82, 2.24) is 0 Å². The summed E-state index contributed by atoms with van der Waals surface area (Å²) in [4.78, 5) is 12.5. The molecular formula is C22H19ClF2N2O4S. The van der Waals surface area contributed by atoms with E-state index in [1.54, 1.807) is 13.0 Å². The van der Waals surface area contributed by atoms with Gasteiger partial charge in [-0.3, -0.25) is 9.10 Å². The van der Waals surface area contributed by atoms with Crippen LogP contribution in [0, 0.1) is 18.6 Å². The molecule has 0 saturated carbocycles. The number of sulfonamides is 1. The topological polar surface area (TPSA) is 75.7 Å². The molecule has 0 aliphatic carbocycles. The predicted molar refractivity (Wildman–Crippen MR) is 119 cm³/mol. The molecule has 3 aromatic rings. The van der Waals surface area contributed by atoms with Crippen molar-refractivity contribution < 1.29 is 26.7 Å². The van der Waals surface area contributed by atoms with Gasteiger partial charge in [0.25, 0.3) is 10.0 Å². The fraction of sp³-hybridized carbons (Fsp3) is 0.136. The van der Waals surface area contributed by atoms with Gasteiger partial charge >= 0.3 is 0 Å². The Bertz CT molecular complexity index is 1250. The minimum Gasteiger partial charge on any atom is -0.495 e. The normalized spacial score (nSPS) is 11.2. The Hall–Kier alpha value is -3.17. The molecule has 0 bridgehead atoms. The lowest BCUT2D eigenvalue weighted by Crippen LogP contribution is -2.38. The van der Waals surface area contributed by atoms with E-state index in [0.29, 0.717) is 10.6 Å². The second-order valence-corrected chi connectivity index (χ2v) is 9.08. The first-order chi connectivity index (χ1) is 15.1. The van der Waals surface area contributed by atoms with Crippen LogP contribution in [-0.2, 0) is 14.8 Å². The van der Waals surface area contributed by atoms with Crippen LogP contribution in [0.1, 0.15) is 5.56 Å². The molecular weight excluding hydrogens is 462 g/mol. The molecule has 3 aromatic carbocycles. The van der Waals surface area contributed by atoms with Gasteiger partial charge in [-0.15, -0.1) is 0 Å². The van der Waals surface area contributed by atoms with Crippen LogP contribution in [-0.4, -0.2) is 28.0 Å². The summed E-state index contributed by atoms with van der Waals surface area (Å²) in [5, 5.41) is 2.58. The van der Waals surface area contributed by atoms with Crippen molar-refractivity contribution >= 4 is 38.9 Å². The third-order valence-corrected chi connectivity index (χ3v) is 6.54. The Morgan fingerprint density at radius 2 is 1.75 bits per heavy atom. The highest BCUT2D eigenvalue weighted by atomic mass is 35.5. The first kappa shape index (κ1) is 23.5. The minimum atomic E-state index is -4.30. The number of aryl methyl sites for hydroxylation is 1. The maximum absolute atomic E-state index is 13.9. The average molecular weight is 481 g/mol. The highest BCUT2D eigenvalue weighted by Gasteiger charge is 2.30. The number of rotatable bonds is 7. The van der Waals surface area contributed by atoms with E-state index in [9.17, 15) is 22.0 Å². The summed E-state index contributed by atoms with van der Waals surface area (Å²) in [5.41, 5.74) is 0.399. The monoisotopic (exact) mass is 480 g/mol. The van der Waals surface area contributed by atoms with Crippen molar-refractivity contribution in [3.8, 4) is 5.75 Å². The smallest absolute Gasteiger partial charge is 0.268 e. The van der Waals surface area contributed by atoms with Gasteiger partial charge in [-0.1, -0.05) is 17.7 Å². The molecule has 6 nitrogen and oxygen atoms in total. The van der Waals surface area contributed by atoms with Gasteiger partial charge < -0.3 is 10.1 Å². The third kappa shape index (κ3) is 5.17. The largest absolute Gasteiger partial charge is 0.495 e. The molecule has 10 heteroatoms. The zero-order valence-corrected chi connectivity index (χ0v) is 18.7. The SMILES string of the molecule is COc1ccc(C)cc1S(=O)(=O)N(CC(=O)Nc1cc(F)ccc1F)c1ccc(Cl)cc1. The maximum atomic E-state index is 13.9. The van der Waals surface area contributed by atoms with Crippen LogP contribution in [0.5, 0.6) is 5.75 Å². The van der Waals surface area contributed by atoms with Crippen LogP contribution in [0.4, 0.5) is 20.2 Å². The second-order valence-electron chi connectivity index (χ2n) is 6.81. The zero-order chi connectivity index (χ0) is 23.5. The summed E-state index contributed by atoms with van der Waals surface area (Å²) in [6.07, 6.45) is 0. The van der Waals surface area contributed by atoms with E-state index in [4.69, 9.17) is 16.3 Å². The number of carbonyl (C=O) groups is 1. The van der Waals surface area contributed by atoms with Crippen molar-refractivity contribution in [1.29, 1.82) is 0 Å².